The third kappa shape index (κ3) is 3.82. The minimum absolute atomic E-state index is 0.381. The normalized spacial score (nSPS) is 29.5. The van der Waals surface area contributed by atoms with Gasteiger partial charge in [-0.1, -0.05) is 0 Å². The fourth-order valence-corrected chi connectivity index (χ4v) is 2.57. The van der Waals surface area contributed by atoms with Gasteiger partial charge in [-0.3, -0.25) is 4.68 Å². The smallest absolute Gasteiger partial charge is 0.0637 e. The number of hydrogen-bond acceptors (Lipinski definition) is 3. The molecule has 2 rings (SSSR count). The van der Waals surface area contributed by atoms with E-state index in [0.29, 0.717) is 18.2 Å². The molecule has 0 aromatic carbocycles. The summed E-state index contributed by atoms with van der Waals surface area (Å²) < 4.78 is 7.58. The average molecular weight is 237 g/mol. The quantitative estimate of drug-likeness (QED) is 0.862. The van der Waals surface area contributed by atoms with Crippen molar-refractivity contribution < 1.29 is 4.74 Å². The molecule has 0 amide bonds. The van der Waals surface area contributed by atoms with E-state index in [-0.39, 0.29) is 0 Å². The van der Waals surface area contributed by atoms with E-state index >= 15 is 0 Å². The van der Waals surface area contributed by atoms with Crippen molar-refractivity contribution >= 4 is 0 Å². The molecule has 17 heavy (non-hydrogen) atoms. The van der Waals surface area contributed by atoms with Crippen LogP contribution in [-0.2, 0) is 18.2 Å². The lowest BCUT2D eigenvalue weighted by atomic mass is 10.00. The summed E-state index contributed by atoms with van der Waals surface area (Å²) in [5, 5.41) is 7.99. The van der Waals surface area contributed by atoms with Crippen molar-refractivity contribution in [2.24, 2.45) is 7.05 Å². The third-order valence-corrected chi connectivity index (χ3v) is 3.28. The van der Waals surface area contributed by atoms with Crippen LogP contribution in [0.2, 0.25) is 0 Å². The van der Waals surface area contributed by atoms with Gasteiger partial charge in [0.25, 0.3) is 0 Å². The number of nitrogens with zero attached hydrogens (tertiary/aromatic N) is 2. The number of aromatic nitrogens is 2. The Labute approximate surface area is 103 Å². The minimum atomic E-state index is 0.381. The molecule has 1 saturated heterocycles. The first-order valence-electron chi connectivity index (χ1n) is 6.51. The van der Waals surface area contributed by atoms with Crippen molar-refractivity contribution in [2.45, 2.75) is 51.4 Å². The van der Waals surface area contributed by atoms with E-state index in [0.717, 1.165) is 31.5 Å². The Kier molecular flexibility index (Phi) is 4.18. The lowest BCUT2D eigenvalue weighted by Crippen LogP contribution is -2.42. The van der Waals surface area contributed by atoms with Crippen LogP contribution in [0.15, 0.2) is 12.3 Å². The van der Waals surface area contributed by atoms with Gasteiger partial charge < -0.3 is 10.1 Å². The molecule has 1 aromatic rings. The second-order valence-electron chi connectivity index (χ2n) is 5.11. The zero-order chi connectivity index (χ0) is 12.3. The Bertz CT molecular complexity index is 340. The topological polar surface area (TPSA) is 39.1 Å². The summed E-state index contributed by atoms with van der Waals surface area (Å²) >= 11 is 0. The van der Waals surface area contributed by atoms with Gasteiger partial charge in [0.1, 0.15) is 0 Å². The van der Waals surface area contributed by atoms with Gasteiger partial charge in [-0.05, 0) is 32.8 Å². The van der Waals surface area contributed by atoms with Crippen LogP contribution in [0, 0.1) is 0 Å². The zero-order valence-electron chi connectivity index (χ0n) is 11.0. The molecule has 1 N–H and O–H groups in total. The fraction of sp³-hybridized carbons (Fsp3) is 0.769. The van der Waals surface area contributed by atoms with Gasteiger partial charge in [0.15, 0.2) is 0 Å². The first-order valence-corrected chi connectivity index (χ1v) is 6.51. The van der Waals surface area contributed by atoms with Crippen LogP contribution < -0.4 is 5.32 Å². The monoisotopic (exact) mass is 237 g/mol. The molecule has 1 aliphatic heterocycles. The molecule has 1 fully saturated rings. The SMILES string of the molecule is CC1CC(NCCc2ccn(C)n2)CC(C)O1. The van der Waals surface area contributed by atoms with E-state index in [1.807, 2.05) is 17.9 Å². The maximum atomic E-state index is 5.73. The third-order valence-electron chi connectivity index (χ3n) is 3.28. The first-order chi connectivity index (χ1) is 8.13. The van der Waals surface area contributed by atoms with Gasteiger partial charge >= 0.3 is 0 Å². The van der Waals surface area contributed by atoms with E-state index in [1.165, 1.54) is 0 Å². The lowest BCUT2D eigenvalue weighted by Gasteiger charge is -2.32. The molecule has 2 atom stereocenters. The summed E-state index contributed by atoms with van der Waals surface area (Å²) in [5.41, 5.74) is 1.16. The van der Waals surface area contributed by atoms with Gasteiger partial charge in [-0.2, -0.15) is 5.10 Å². The molecule has 96 valence electrons. The summed E-state index contributed by atoms with van der Waals surface area (Å²) in [6.45, 7) is 5.31. The largest absolute Gasteiger partial charge is 0.375 e. The Morgan fingerprint density at radius 1 is 1.41 bits per heavy atom. The highest BCUT2D eigenvalue weighted by Crippen LogP contribution is 2.18. The van der Waals surface area contributed by atoms with E-state index in [1.54, 1.807) is 0 Å². The number of aryl methyl sites for hydroxylation is 1. The van der Waals surface area contributed by atoms with Crippen molar-refractivity contribution in [3.8, 4) is 0 Å². The van der Waals surface area contributed by atoms with Crippen LogP contribution in [0.1, 0.15) is 32.4 Å². The Balaban J connectivity index is 1.71. The molecular formula is C13H23N3O. The van der Waals surface area contributed by atoms with E-state index in [2.05, 4.69) is 30.3 Å². The molecule has 0 bridgehead atoms. The van der Waals surface area contributed by atoms with E-state index < -0.39 is 0 Å². The molecule has 1 aliphatic rings. The molecule has 2 unspecified atom stereocenters. The van der Waals surface area contributed by atoms with Crippen LogP contribution in [0.4, 0.5) is 0 Å². The molecule has 1 aromatic heterocycles. The van der Waals surface area contributed by atoms with Crippen LogP contribution in [-0.4, -0.2) is 34.6 Å². The van der Waals surface area contributed by atoms with Gasteiger partial charge in [-0.25, -0.2) is 0 Å². The molecule has 0 radical (unpaired) electrons. The zero-order valence-corrected chi connectivity index (χ0v) is 11.0. The maximum absolute atomic E-state index is 5.73. The van der Waals surface area contributed by atoms with Gasteiger partial charge in [0.2, 0.25) is 0 Å². The van der Waals surface area contributed by atoms with Crippen LogP contribution >= 0.6 is 0 Å². The van der Waals surface area contributed by atoms with Gasteiger partial charge in [-0.15, -0.1) is 0 Å². The van der Waals surface area contributed by atoms with Crippen molar-refractivity contribution in [2.75, 3.05) is 6.54 Å². The summed E-state index contributed by atoms with van der Waals surface area (Å²) in [7, 11) is 1.96. The molecule has 0 spiro atoms. The molecular weight excluding hydrogens is 214 g/mol. The fourth-order valence-electron chi connectivity index (χ4n) is 2.57. The maximum Gasteiger partial charge on any atom is 0.0637 e. The van der Waals surface area contributed by atoms with Crippen molar-refractivity contribution in [3.05, 3.63) is 18.0 Å². The second-order valence-corrected chi connectivity index (χ2v) is 5.11. The predicted molar refractivity (Wildman–Crippen MR) is 67.9 cm³/mol. The van der Waals surface area contributed by atoms with E-state index in [9.17, 15) is 0 Å². The van der Waals surface area contributed by atoms with Crippen LogP contribution in [0.3, 0.4) is 0 Å². The molecule has 0 aliphatic carbocycles. The number of nitrogens with one attached hydrogen (secondary N) is 1. The van der Waals surface area contributed by atoms with Gasteiger partial charge in [0.05, 0.1) is 17.9 Å². The Morgan fingerprint density at radius 2 is 2.12 bits per heavy atom. The highest BCUT2D eigenvalue weighted by atomic mass is 16.5. The average Bonchev–Trinajstić information content (AvgIpc) is 2.63. The first kappa shape index (κ1) is 12.6. The van der Waals surface area contributed by atoms with Gasteiger partial charge in [0, 0.05) is 32.3 Å². The Morgan fingerprint density at radius 3 is 2.71 bits per heavy atom. The van der Waals surface area contributed by atoms with Crippen molar-refractivity contribution in [1.29, 1.82) is 0 Å². The highest BCUT2D eigenvalue weighted by Gasteiger charge is 2.23. The van der Waals surface area contributed by atoms with Crippen LogP contribution in [0.25, 0.3) is 0 Å². The molecule has 0 saturated carbocycles. The van der Waals surface area contributed by atoms with Crippen LogP contribution in [0.5, 0.6) is 0 Å². The Hall–Kier alpha value is -0.870. The lowest BCUT2D eigenvalue weighted by molar-refractivity contribution is -0.0419. The number of rotatable bonds is 4. The number of ether oxygens (including phenoxy) is 1. The standard InChI is InChI=1S/C13H23N3O/c1-10-8-13(9-11(2)17-10)14-6-4-12-5-7-16(3)15-12/h5,7,10-11,13-14H,4,6,8-9H2,1-3H3. The van der Waals surface area contributed by atoms with Crippen molar-refractivity contribution in [1.82, 2.24) is 15.1 Å². The summed E-state index contributed by atoms with van der Waals surface area (Å²) in [4.78, 5) is 0. The predicted octanol–water partition coefficient (Wildman–Crippen LogP) is 1.51. The van der Waals surface area contributed by atoms with E-state index in [4.69, 9.17) is 4.74 Å². The second kappa shape index (κ2) is 5.65. The minimum Gasteiger partial charge on any atom is -0.375 e. The van der Waals surface area contributed by atoms with Crippen molar-refractivity contribution in [3.63, 3.8) is 0 Å². The number of hydrogen-bond donors (Lipinski definition) is 1. The highest BCUT2D eigenvalue weighted by molar-refractivity contribution is 4.99. The summed E-state index contributed by atoms with van der Waals surface area (Å²) in [5.74, 6) is 0. The summed E-state index contributed by atoms with van der Waals surface area (Å²) in [6.07, 6.45) is 5.99. The summed E-state index contributed by atoms with van der Waals surface area (Å²) in [6, 6.07) is 2.68. The molecule has 2 heterocycles. The molecule has 4 heteroatoms. The molecule has 4 nitrogen and oxygen atoms in total.